The number of nitrogens with one attached hydrogen (secondary N) is 1. The number of nitrogens with zero attached hydrogens (tertiary/aromatic N) is 2. The topological polar surface area (TPSA) is 28.2 Å². The lowest BCUT2D eigenvalue weighted by Crippen LogP contribution is -2.37. The highest BCUT2D eigenvalue weighted by molar-refractivity contribution is 9.11. The molecule has 0 saturated carbocycles. The molecule has 1 N–H and O–H groups in total. The lowest BCUT2D eigenvalue weighted by Gasteiger charge is -2.27. The second kappa shape index (κ2) is 6.98. The van der Waals surface area contributed by atoms with Crippen molar-refractivity contribution < 1.29 is 0 Å². The van der Waals surface area contributed by atoms with Crippen molar-refractivity contribution in [1.29, 1.82) is 0 Å². The molecule has 100 valence electrons. The average Bonchev–Trinajstić information content (AvgIpc) is 2.85. The van der Waals surface area contributed by atoms with Gasteiger partial charge in [-0.1, -0.05) is 6.92 Å². The smallest absolute Gasteiger partial charge is 0.0686 e. The average molecular weight is 377 g/mol. The van der Waals surface area contributed by atoms with Crippen molar-refractivity contribution in [2.24, 2.45) is 0 Å². The Kier molecular flexibility index (Phi) is 5.60. The molecule has 18 heavy (non-hydrogen) atoms. The monoisotopic (exact) mass is 375 g/mol. The van der Waals surface area contributed by atoms with Gasteiger partial charge in [-0.15, -0.1) is 0 Å². The standard InChI is InChI=1S/C13H19Br2N3/c1-2-5-18(11-3-4-16-8-11)9-13-12(15)6-10(14)7-17-13/h6-7,11,16H,2-5,8-9H2,1H3. The van der Waals surface area contributed by atoms with Crippen molar-refractivity contribution in [3.63, 3.8) is 0 Å². The zero-order chi connectivity index (χ0) is 13.0. The second-order valence-electron chi connectivity index (χ2n) is 4.70. The second-order valence-corrected chi connectivity index (χ2v) is 6.47. The molecule has 0 bridgehead atoms. The molecule has 2 heterocycles. The van der Waals surface area contributed by atoms with E-state index in [1.807, 2.05) is 6.20 Å². The van der Waals surface area contributed by atoms with E-state index in [9.17, 15) is 0 Å². The summed E-state index contributed by atoms with van der Waals surface area (Å²) in [6.07, 6.45) is 4.30. The zero-order valence-electron chi connectivity index (χ0n) is 10.6. The van der Waals surface area contributed by atoms with E-state index in [1.165, 1.54) is 12.8 Å². The zero-order valence-corrected chi connectivity index (χ0v) is 13.8. The van der Waals surface area contributed by atoms with Crippen molar-refractivity contribution in [2.75, 3.05) is 19.6 Å². The Morgan fingerprint density at radius 3 is 2.94 bits per heavy atom. The van der Waals surface area contributed by atoms with Crippen LogP contribution in [-0.4, -0.2) is 35.6 Å². The van der Waals surface area contributed by atoms with Gasteiger partial charge in [0.25, 0.3) is 0 Å². The van der Waals surface area contributed by atoms with Crippen LogP contribution in [0.25, 0.3) is 0 Å². The first-order valence-corrected chi connectivity index (χ1v) is 8.04. The normalized spacial score (nSPS) is 19.7. The van der Waals surface area contributed by atoms with Crippen LogP contribution >= 0.6 is 31.9 Å². The summed E-state index contributed by atoms with van der Waals surface area (Å²) >= 11 is 7.04. The van der Waals surface area contributed by atoms with Gasteiger partial charge in [0, 0.05) is 34.3 Å². The van der Waals surface area contributed by atoms with Crippen molar-refractivity contribution in [2.45, 2.75) is 32.4 Å². The molecule has 1 aromatic heterocycles. The molecule has 1 fully saturated rings. The SMILES string of the molecule is CCCN(Cc1ncc(Br)cc1Br)C1CCNC1. The van der Waals surface area contributed by atoms with Gasteiger partial charge in [0.2, 0.25) is 0 Å². The fourth-order valence-corrected chi connectivity index (χ4v) is 3.49. The Morgan fingerprint density at radius 1 is 1.50 bits per heavy atom. The van der Waals surface area contributed by atoms with Gasteiger partial charge in [-0.25, -0.2) is 0 Å². The maximum atomic E-state index is 4.52. The molecule has 1 unspecified atom stereocenters. The molecule has 1 aliphatic heterocycles. The van der Waals surface area contributed by atoms with E-state index in [1.54, 1.807) is 0 Å². The molecule has 3 nitrogen and oxygen atoms in total. The third-order valence-corrected chi connectivity index (χ3v) is 4.42. The van der Waals surface area contributed by atoms with Gasteiger partial charge in [-0.05, 0) is 63.9 Å². The first-order valence-electron chi connectivity index (χ1n) is 6.45. The maximum absolute atomic E-state index is 4.52. The molecule has 0 radical (unpaired) electrons. The van der Waals surface area contributed by atoms with E-state index in [2.05, 4.69) is 60.1 Å². The first-order chi connectivity index (χ1) is 8.70. The predicted molar refractivity (Wildman–Crippen MR) is 81.6 cm³/mol. The van der Waals surface area contributed by atoms with E-state index in [0.717, 1.165) is 40.8 Å². The largest absolute Gasteiger partial charge is 0.315 e. The Hall–Kier alpha value is 0.0300. The van der Waals surface area contributed by atoms with E-state index >= 15 is 0 Å². The third kappa shape index (κ3) is 3.76. The molecule has 1 atom stereocenters. The van der Waals surface area contributed by atoms with Crippen LogP contribution in [0.15, 0.2) is 21.2 Å². The molecule has 0 aromatic carbocycles. The Bertz CT molecular complexity index is 392. The number of rotatable bonds is 5. The number of hydrogen-bond acceptors (Lipinski definition) is 3. The molecule has 0 aliphatic carbocycles. The van der Waals surface area contributed by atoms with Gasteiger partial charge >= 0.3 is 0 Å². The summed E-state index contributed by atoms with van der Waals surface area (Å²) in [5.74, 6) is 0. The van der Waals surface area contributed by atoms with Crippen LogP contribution in [0.1, 0.15) is 25.5 Å². The summed E-state index contributed by atoms with van der Waals surface area (Å²) in [6.45, 7) is 6.54. The van der Waals surface area contributed by atoms with E-state index in [-0.39, 0.29) is 0 Å². The molecule has 1 aromatic rings. The minimum atomic E-state index is 0.655. The van der Waals surface area contributed by atoms with Gasteiger partial charge in [-0.2, -0.15) is 0 Å². The van der Waals surface area contributed by atoms with Gasteiger partial charge in [0.1, 0.15) is 0 Å². The number of halogens is 2. The summed E-state index contributed by atoms with van der Waals surface area (Å²) in [5, 5.41) is 3.44. The maximum Gasteiger partial charge on any atom is 0.0686 e. The van der Waals surface area contributed by atoms with Crippen LogP contribution in [0.5, 0.6) is 0 Å². The fraction of sp³-hybridized carbons (Fsp3) is 0.615. The number of aromatic nitrogens is 1. The number of hydrogen-bond donors (Lipinski definition) is 1. The third-order valence-electron chi connectivity index (χ3n) is 3.30. The summed E-state index contributed by atoms with van der Waals surface area (Å²) in [6, 6.07) is 2.72. The molecular weight excluding hydrogens is 358 g/mol. The van der Waals surface area contributed by atoms with Crippen molar-refractivity contribution >= 4 is 31.9 Å². The fourth-order valence-electron chi connectivity index (χ4n) is 2.38. The van der Waals surface area contributed by atoms with Gasteiger partial charge in [0.15, 0.2) is 0 Å². The highest BCUT2D eigenvalue weighted by Crippen LogP contribution is 2.22. The highest BCUT2D eigenvalue weighted by Gasteiger charge is 2.22. The van der Waals surface area contributed by atoms with Crippen LogP contribution in [0.2, 0.25) is 0 Å². The van der Waals surface area contributed by atoms with Crippen molar-refractivity contribution in [3.8, 4) is 0 Å². The van der Waals surface area contributed by atoms with Crippen LogP contribution in [0.4, 0.5) is 0 Å². The molecular formula is C13H19Br2N3. The highest BCUT2D eigenvalue weighted by atomic mass is 79.9. The van der Waals surface area contributed by atoms with E-state index in [0.29, 0.717) is 6.04 Å². The van der Waals surface area contributed by atoms with Crippen LogP contribution in [0, 0.1) is 0 Å². The van der Waals surface area contributed by atoms with E-state index in [4.69, 9.17) is 0 Å². The molecule has 1 saturated heterocycles. The molecule has 1 aliphatic rings. The van der Waals surface area contributed by atoms with Crippen LogP contribution < -0.4 is 5.32 Å². The summed E-state index contributed by atoms with van der Waals surface area (Å²) in [7, 11) is 0. The lowest BCUT2D eigenvalue weighted by molar-refractivity contribution is 0.197. The van der Waals surface area contributed by atoms with Gasteiger partial charge < -0.3 is 5.32 Å². The summed E-state index contributed by atoms with van der Waals surface area (Å²) in [5.41, 5.74) is 1.12. The van der Waals surface area contributed by atoms with Crippen LogP contribution in [0.3, 0.4) is 0 Å². The quantitative estimate of drug-likeness (QED) is 0.855. The summed E-state index contributed by atoms with van der Waals surface area (Å²) in [4.78, 5) is 7.06. The van der Waals surface area contributed by atoms with Crippen molar-refractivity contribution in [3.05, 3.63) is 26.9 Å². The molecule has 0 spiro atoms. The lowest BCUT2D eigenvalue weighted by atomic mass is 10.2. The predicted octanol–water partition coefficient (Wildman–Crippen LogP) is 3.18. The van der Waals surface area contributed by atoms with Gasteiger partial charge in [-0.3, -0.25) is 9.88 Å². The molecule has 5 heteroatoms. The molecule has 2 rings (SSSR count). The summed E-state index contributed by atoms with van der Waals surface area (Å²) < 4.78 is 2.10. The van der Waals surface area contributed by atoms with E-state index < -0.39 is 0 Å². The van der Waals surface area contributed by atoms with Crippen LogP contribution in [-0.2, 0) is 6.54 Å². The first kappa shape index (κ1) is 14.4. The minimum absolute atomic E-state index is 0.655. The Balaban J connectivity index is 2.07. The minimum Gasteiger partial charge on any atom is -0.315 e. The van der Waals surface area contributed by atoms with Crippen molar-refractivity contribution in [1.82, 2.24) is 15.2 Å². The van der Waals surface area contributed by atoms with Gasteiger partial charge in [0.05, 0.1) is 5.69 Å². The Morgan fingerprint density at radius 2 is 2.33 bits per heavy atom. The number of pyridine rings is 1. The molecule has 0 amide bonds. The Labute approximate surface area is 126 Å².